The summed E-state index contributed by atoms with van der Waals surface area (Å²) in [6, 6.07) is -0.424. The number of aromatic nitrogens is 1. The van der Waals surface area contributed by atoms with E-state index < -0.39 is 110 Å². The van der Waals surface area contributed by atoms with Crippen molar-refractivity contribution in [2.45, 2.75) is 35.7 Å². The van der Waals surface area contributed by atoms with Gasteiger partial charge in [-0.25, -0.2) is 24.4 Å². The second-order valence-electron chi connectivity index (χ2n) is 12.6. The zero-order chi connectivity index (χ0) is 42.1. The Labute approximate surface area is 332 Å². The molecule has 3 atom stereocenters. The monoisotopic (exact) mass is 854 g/mol. The number of halogens is 1. The number of urea groups is 1. The molecular weight excluding hydrogens is 824 g/mol. The van der Waals surface area contributed by atoms with Gasteiger partial charge in [0, 0.05) is 25.0 Å². The number of thioether (sulfide) groups is 1. The van der Waals surface area contributed by atoms with Crippen LogP contribution in [0.15, 0.2) is 22.7 Å². The van der Waals surface area contributed by atoms with Crippen molar-refractivity contribution in [3.05, 3.63) is 33.8 Å². The number of fused-ring (bicyclic) bond motifs is 1. The molecule has 0 radical (unpaired) electrons. The van der Waals surface area contributed by atoms with E-state index in [0.29, 0.717) is 16.8 Å². The van der Waals surface area contributed by atoms with Crippen LogP contribution in [-0.4, -0.2) is 154 Å². The maximum atomic E-state index is 13.4. The first-order chi connectivity index (χ1) is 26.7. The van der Waals surface area contributed by atoms with E-state index in [1.165, 1.54) is 19.2 Å². The number of β-lactam (4-membered cyclic amide) rings is 1. The molecule has 304 valence electrons. The third-order valence-corrected chi connectivity index (χ3v) is 11.2. The number of benzene rings is 1. The number of nitrogens with zero attached hydrogens (tertiary/aromatic N) is 5. The molecule has 3 saturated heterocycles. The van der Waals surface area contributed by atoms with Gasteiger partial charge in [0.25, 0.3) is 17.6 Å². The number of nitrogen functional groups attached to an aromatic ring is 1. The summed E-state index contributed by atoms with van der Waals surface area (Å²) in [6.07, 6.45) is 0. The molecule has 0 bridgehead atoms. The number of ketones is 1. The lowest BCUT2D eigenvalue weighted by atomic mass is 10.1. The first kappa shape index (κ1) is 41.7. The first-order valence-electron chi connectivity index (χ1n) is 16.1. The summed E-state index contributed by atoms with van der Waals surface area (Å²) < 4.78 is 0. The Hall–Kier alpha value is -6.41. The van der Waals surface area contributed by atoms with Gasteiger partial charge in [-0.3, -0.25) is 39.1 Å². The van der Waals surface area contributed by atoms with Crippen molar-refractivity contribution in [3.63, 3.8) is 0 Å². The standard InChI is InChI=1S/C30H31ClN10O14S2/c1-29(2,25(50)51)55-38-15(12-9-56-27(32)35-12)19(45)36-16-23(49)39-10-30(26(52)53,57-24(16)39)40-7-8-41(28(40)54)37-22(48)21(47)34-6-5-33-20(46)17(43)11-3-4-13(42)18(44)14(11)31/h3-4,9,16,24,42,44H,5-8,10H2,1-2H3,(H2,32,35)(H,33,46)(H,34,47)(H,36,45)(H,37,48)(H,50,51)(H,52,53)/b38-15-/t16-,24-,30-/m1/s1. The molecular formula is C30H31ClN10O14S2. The molecule has 57 heavy (non-hydrogen) atoms. The SMILES string of the molecule is CC(C)(O/N=C(\C(=O)N[C@@H]1C(=O)N2C[C@@](C(=O)O)(N3CCN(NC(=O)C(=O)NCCNC(=O)C(=O)c4ccc(O)c(O)c4Cl)C3=O)S[C@H]12)c1csc(N)n1)C(=O)O. The summed E-state index contributed by atoms with van der Waals surface area (Å²) in [5.41, 5.74) is 4.82. The summed E-state index contributed by atoms with van der Waals surface area (Å²) in [7, 11) is 0. The zero-order valence-electron chi connectivity index (χ0n) is 29.3. The number of nitrogens with two attached hydrogens (primary N) is 1. The van der Waals surface area contributed by atoms with E-state index in [4.69, 9.17) is 22.2 Å². The van der Waals surface area contributed by atoms with Crippen molar-refractivity contribution in [1.82, 2.24) is 41.2 Å². The predicted octanol–water partition coefficient (Wildman–Crippen LogP) is -2.56. The molecule has 5 rings (SSSR count). The third kappa shape index (κ3) is 8.12. The number of aliphatic carboxylic acids is 2. The maximum Gasteiger partial charge on any atom is 0.350 e. The number of aromatic hydroxyl groups is 2. The summed E-state index contributed by atoms with van der Waals surface area (Å²) in [6.45, 7) is 0.510. The van der Waals surface area contributed by atoms with Gasteiger partial charge in [0.1, 0.15) is 17.1 Å². The van der Waals surface area contributed by atoms with Gasteiger partial charge in [-0.05, 0) is 26.0 Å². The molecule has 0 unspecified atom stereocenters. The highest BCUT2D eigenvalue weighted by molar-refractivity contribution is 8.02. The molecule has 1 aromatic heterocycles. The average Bonchev–Trinajstić information content (AvgIpc) is 3.86. The van der Waals surface area contributed by atoms with Gasteiger partial charge < -0.3 is 51.8 Å². The molecule has 7 amide bonds. The number of hydrogen-bond acceptors (Lipinski definition) is 17. The Morgan fingerprint density at radius 3 is 2.32 bits per heavy atom. The summed E-state index contributed by atoms with van der Waals surface area (Å²) in [4.78, 5) is 123. The number of phenols is 2. The maximum absolute atomic E-state index is 13.4. The number of carboxylic acid groups (broad SMARTS) is 2. The van der Waals surface area contributed by atoms with Gasteiger partial charge in [-0.1, -0.05) is 28.5 Å². The summed E-state index contributed by atoms with van der Waals surface area (Å²) in [5, 5.41) is 49.7. The largest absolute Gasteiger partial charge is 0.504 e. The summed E-state index contributed by atoms with van der Waals surface area (Å²) >= 11 is 7.38. The van der Waals surface area contributed by atoms with Gasteiger partial charge in [-0.15, -0.1) is 11.3 Å². The third-order valence-electron chi connectivity index (χ3n) is 8.45. The number of oxime groups is 1. The van der Waals surface area contributed by atoms with Crippen LogP contribution >= 0.6 is 34.7 Å². The van der Waals surface area contributed by atoms with E-state index in [9.17, 15) is 63.6 Å². The lowest BCUT2D eigenvalue weighted by molar-refractivity contribution is -0.161. The molecule has 27 heteroatoms. The van der Waals surface area contributed by atoms with Crippen molar-refractivity contribution in [3.8, 4) is 11.5 Å². The second-order valence-corrected chi connectivity index (χ2v) is 15.3. The molecule has 2 aromatic rings. The number of carboxylic acids is 2. The Morgan fingerprint density at radius 1 is 1.04 bits per heavy atom. The molecule has 3 aliphatic rings. The molecule has 0 aliphatic carbocycles. The molecule has 24 nitrogen and oxygen atoms in total. The van der Waals surface area contributed by atoms with Gasteiger partial charge in [0.05, 0.1) is 23.7 Å². The van der Waals surface area contributed by atoms with Gasteiger partial charge >= 0.3 is 29.8 Å². The number of Topliss-reactive ketones (excluding diaryl/α,β-unsaturated/α-hetero) is 1. The number of amides is 7. The fraction of sp³-hybridized carbons (Fsp3) is 0.367. The molecule has 10 N–H and O–H groups in total. The molecule has 0 spiro atoms. The first-order valence-corrected chi connectivity index (χ1v) is 18.3. The predicted molar refractivity (Wildman–Crippen MR) is 193 cm³/mol. The van der Waals surface area contributed by atoms with Crippen LogP contribution < -0.4 is 27.1 Å². The minimum atomic E-state index is -2.10. The fourth-order valence-electron chi connectivity index (χ4n) is 5.33. The average molecular weight is 855 g/mol. The van der Waals surface area contributed by atoms with Crippen molar-refractivity contribution in [2.24, 2.45) is 5.16 Å². The number of hydrogen-bond donors (Lipinski definition) is 9. The molecule has 3 aliphatic heterocycles. The lowest BCUT2D eigenvalue weighted by Crippen LogP contribution is -2.68. The molecule has 3 fully saturated rings. The molecule has 0 saturated carbocycles. The molecule has 4 heterocycles. The number of carbonyl (C=O) groups excluding carboxylic acids is 7. The number of hydrazine groups is 1. The Balaban J connectivity index is 1.16. The normalized spacial score (nSPS) is 20.3. The minimum Gasteiger partial charge on any atom is -0.504 e. The molecule has 1 aromatic carbocycles. The van der Waals surface area contributed by atoms with Crippen molar-refractivity contribution < 1.29 is 68.4 Å². The van der Waals surface area contributed by atoms with Crippen molar-refractivity contribution >= 4 is 98.8 Å². The van der Waals surface area contributed by atoms with Crippen LogP contribution in [0.4, 0.5) is 9.93 Å². The number of phenolic OH excluding ortho intramolecular Hbond substituents is 2. The highest BCUT2D eigenvalue weighted by atomic mass is 35.5. The summed E-state index contributed by atoms with van der Waals surface area (Å²) in [5.74, 6) is -11.1. The van der Waals surface area contributed by atoms with E-state index in [1.54, 1.807) is 0 Å². The van der Waals surface area contributed by atoms with Gasteiger partial charge in [0.2, 0.25) is 16.4 Å². The van der Waals surface area contributed by atoms with E-state index >= 15 is 0 Å². The van der Waals surface area contributed by atoms with Crippen LogP contribution in [-0.2, 0) is 38.4 Å². The topological polar surface area (TPSA) is 353 Å². The minimum absolute atomic E-state index is 0.0330. The number of thiazole rings is 1. The van der Waals surface area contributed by atoms with E-state index in [1.807, 2.05) is 0 Å². The number of nitrogens with one attached hydrogen (secondary N) is 4. The van der Waals surface area contributed by atoms with E-state index in [-0.39, 0.29) is 37.0 Å². The smallest absolute Gasteiger partial charge is 0.350 e. The van der Waals surface area contributed by atoms with Crippen molar-refractivity contribution in [1.29, 1.82) is 0 Å². The fourth-order valence-corrected chi connectivity index (χ4v) is 7.76. The number of carbonyl (C=O) groups is 9. The number of rotatable bonds is 14. The van der Waals surface area contributed by atoms with Crippen LogP contribution in [0.1, 0.15) is 29.9 Å². The van der Waals surface area contributed by atoms with Crippen LogP contribution in [0.25, 0.3) is 0 Å². The quantitative estimate of drug-likeness (QED) is 0.0179. The Kier molecular flexibility index (Phi) is 11.7. The van der Waals surface area contributed by atoms with Crippen molar-refractivity contribution in [2.75, 3.05) is 38.5 Å². The highest BCUT2D eigenvalue weighted by Crippen LogP contribution is 2.49. The highest BCUT2D eigenvalue weighted by Gasteiger charge is 2.66. The Morgan fingerprint density at radius 2 is 1.70 bits per heavy atom. The second kappa shape index (κ2) is 16.0. The Bertz CT molecular complexity index is 2130. The van der Waals surface area contributed by atoms with Crippen LogP contribution in [0.5, 0.6) is 11.5 Å². The van der Waals surface area contributed by atoms with Gasteiger partial charge in [0.15, 0.2) is 22.3 Å². The van der Waals surface area contributed by atoms with Crippen LogP contribution in [0, 0.1) is 0 Å². The van der Waals surface area contributed by atoms with Crippen LogP contribution in [0.2, 0.25) is 5.02 Å². The van der Waals surface area contributed by atoms with Crippen LogP contribution in [0.3, 0.4) is 0 Å². The number of anilines is 1. The zero-order valence-corrected chi connectivity index (χ0v) is 31.7. The van der Waals surface area contributed by atoms with E-state index in [2.05, 4.69) is 31.5 Å². The lowest BCUT2D eigenvalue weighted by Gasteiger charge is -2.41. The van der Waals surface area contributed by atoms with E-state index in [0.717, 1.165) is 33.3 Å². The van der Waals surface area contributed by atoms with Gasteiger partial charge in [-0.2, -0.15) is 0 Å².